The van der Waals surface area contributed by atoms with Gasteiger partial charge in [0.2, 0.25) is 0 Å². The maximum atomic E-state index is 3.83. The van der Waals surface area contributed by atoms with Gasteiger partial charge in [-0.25, -0.2) is 0 Å². The van der Waals surface area contributed by atoms with E-state index < -0.39 is 0 Å². The lowest BCUT2D eigenvalue weighted by Crippen LogP contribution is -1.89. The first-order chi connectivity index (χ1) is 4.34. The van der Waals surface area contributed by atoms with Crippen molar-refractivity contribution in [1.29, 1.82) is 0 Å². The Kier molecular flexibility index (Phi) is 1.73. The van der Waals surface area contributed by atoms with E-state index in [1.54, 1.807) is 0 Å². The second kappa shape index (κ2) is 2.53. The van der Waals surface area contributed by atoms with Crippen LogP contribution in [0, 0.1) is 6.92 Å². The Morgan fingerprint density at radius 1 is 1.33 bits per heavy atom. The second-order valence-electron chi connectivity index (χ2n) is 1.91. The summed E-state index contributed by atoms with van der Waals surface area (Å²) in [5.74, 6) is 0. The molecule has 47 valence electrons. The van der Waals surface area contributed by atoms with Gasteiger partial charge in [0.25, 0.3) is 0 Å². The molecule has 1 N–H and O–H groups in total. The summed E-state index contributed by atoms with van der Waals surface area (Å²) in [7, 11) is 1.89. The van der Waals surface area contributed by atoms with Crippen LogP contribution >= 0.6 is 0 Å². The smallest absolute Gasteiger partial charge is 0.0370 e. The Hall–Kier alpha value is -0.980. The van der Waals surface area contributed by atoms with Gasteiger partial charge >= 0.3 is 0 Å². The van der Waals surface area contributed by atoms with E-state index in [4.69, 9.17) is 0 Å². The molecule has 0 heterocycles. The van der Waals surface area contributed by atoms with E-state index in [9.17, 15) is 0 Å². The minimum atomic E-state index is 1.04. The van der Waals surface area contributed by atoms with Gasteiger partial charge in [0.1, 0.15) is 0 Å². The second-order valence-corrected chi connectivity index (χ2v) is 1.91. The Bertz CT molecular complexity index is 194. The third-order valence-electron chi connectivity index (χ3n) is 1.29. The SMILES string of the molecule is [CH2]c1ccccc1NC. The number of anilines is 1. The van der Waals surface area contributed by atoms with Crippen molar-refractivity contribution in [3.63, 3.8) is 0 Å². The minimum Gasteiger partial charge on any atom is -0.388 e. The highest BCUT2D eigenvalue weighted by molar-refractivity contribution is 5.51. The molecule has 0 bridgehead atoms. The van der Waals surface area contributed by atoms with E-state index in [0.717, 1.165) is 11.3 Å². The van der Waals surface area contributed by atoms with Crippen molar-refractivity contribution in [3.05, 3.63) is 36.8 Å². The topological polar surface area (TPSA) is 12.0 Å². The molecule has 0 fully saturated rings. The van der Waals surface area contributed by atoms with Gasteiger partial charge < -0.3 is 5.32 Å². The van der Waals surface area contributed by atoms with Crippen molar-refractivity contribution in [2.75, 3.05) is 12.4 Å². The van der Waals surface area contributed by atoms with Gasteiger partial charge in [-0.3, -0.25) is 0 Å². The highest BCUT2D eigenvalue weighted by Crippen LogP contribution is 2.10. The fourth-order valence-corrected chi connectivity index (χ4v) is 0.764. The molecule has 1 radical (unpaired) electrons. The van der Waals surface area contributed by atoms with Crippen LogP contribution in [0.2, 0.25) is 0 Å². The number of hydrogen-bond acceptors (Lipinski definition) is 1. The van der Waals surface area contributed by atoms with Crippen LogP contribution in [0.15, 0.2) is 24.3 Å². The summed E-state index contributed by atoms with van der Waals surface area (Å²) in [5, 5.41) is 3.03. The quantitative estimate of drug-likeness (QED) is 0.597. The molecule has 0 spiro atoms. The minimum absolute atomic E-state index is 1.04. The summed E-state index contributed by atoms with van der Waals surface area (Å²) < 4.78 is 0. The Morgan fingerprint density at radius 3 is 2.44 bits per heavy atom. The predicted octanol–water partition coefficient (Wildman–Crippen LogP) is 1.91. The van der Waals surface area contributed by atoms with Crippen LogP contribution in [-0.2, 0) is 0 Å². The molecule has 0 aromatic heterocycles. The van der Waals surface area contributed by atoms with Gasteiger partial charge in [0.15, 0.2) is 0 Å². The fourth-order valence-electron chi connectivity index (χ4n) is 0.764. The van der Waals surface area contributed by atoms with Crippen molar-refractivity contribution in [2.45, 2.75) is 0 Å². The predicted molar refractivity (Wildman–Crippen MR) is 40.4 cm³/mol. The van der Waals surface area contributed by atoms with Gasteiger partial charge in [0, 0.05) is 12.7 Å². The molecule has 0 aliphatic rings. The summed E-state index contributed by atoms with van der Waals surface area (Å²) in [5.41, 5.74) is 2.14. The van der Waals surface area contributed by atoms with Crippen LogP contribution in [0.25, 0.3) is 0 Å². The van der Waals surface area contributed by atoms with Crippen LogP contribution in [-0.4, -0.2) is 7.05 Å². The van der Waals surface area contributed by atoms with E-state index in [-0.39, 0.29) is 0 Å². The molecule has 9 heavy (non-hydrogen) atoms. The lowest BCUT2D eigenvalue weighted by atomic mass is 10.2. The van der Waals surface area contributed by atoms with Crippen molar-refractivity contribution < 1.29 is 0 Å². The summed E-state index contributed by atoms with van der Waals surface area (Å²) in [4.78, 5) is 0. The number of rotatable bonds is 1. The van der Waals surface area contributed by atoms with Gasteiger partial charge in [-0.05, 0) is 18.6 Å². The van der Waals surface area contributed by atoms with Crippen molar-refractivity contribution in [3.8, 4) is 0 Å². The van der Waals surface area contributed by atoms with E-state index in [2.05, 4.69) is 12.2 Å². The lowest BCUT2D eigenvalue weighted by molar-refractivity contribution is 1.48. The third kappa shape index (κ3) is 1.22. The average molecular weight is 120 g/mol. The summed E-state index contributed by atoms with van der Waals surface area (Å²) in [6, 6.07) is 7.94. The molecule has 0 aliphatic carbocycles. The maximum Gasteiger partial charge on any atom is 0.0370 e. The summed E-state index contributed by atoms with van der Waals surface area (Å²) in [6.07, 6.45) is 0. The Balaban J connectivity index is 3.01. The third-order valence-corrected chi connectivity index (χ3v) is 1.29. The van der Waals surface area contributed by atoms with E-state index in [1.807, 2.05) is 31.3 Å². The molecular formula is C8H10N. The molecule has 1 heteroatoms. The van der Waals surface area contributed by atoms with E-state index in [0.29, 0.717) is 0 Å². The van der Waals surface area contributed by atoms with Gasteiger partial charge in [0.05, 0.1) is 0 Å². The number of hydrogen-bond donors (Lipinski definition) is 1. The molecule has 0 amide bonds. The summed E-state index contributed by atoms with van der Waals surface area (Å²) in [6.45, 7) is 3.83. The first-order valence-electron chi connectivity index (χ1n) is 2.93. The van der Waals surface area contributed by atoms with Gasteiger partial charge in [-0.1, -0.05) is 18.2 Å². The van der Waals surface area contributed by atoms with Crippen molar-refractivity contribution in [2.24, 2.45) is 0 Å². The Morgan fingerprint density at radius 2 is 2.00 bits per heavy atom. The van der Waals surface area contributed by atoms with Crippen molar-refractivity contribution >= 4 is 5.69 Å². The van der Waals surface area contributed by atoms with E-state index >= 15 is 0 Å². The normalized spacial score (nSPS) is 9.11. The van der Waals surface area contributed by atoms with Crippen molar-refractivity contribution in [1.82, 2.24) is 0 Å². The number of benzene rings is 1. The molecule has 0 atom stereocenters. The molecule has 0 unspecified atom stereocenters. The van der Waals surface area contributed by atoms with Gasteiger partial charge in [-0.2, -0.15) is 0 Å². The van der Waals surface area contributed by atoms with Crippen LogP contribution in [0.4, 0.5) is 5.69 Å². The maximum absolute atomic E-state index is 3.83. The zero-order chi connectivity index (χ0) is 6.69. The zero-order valence-corrected chi connectivity index (χ0v) is 5.52. The summed E-state index contributed by atoms with van der Waals surface area (Å²) >= 11 is 0. The average Bonchev–Trinajstić information content (AvgIpc) is 1.89. The highest BCUT2D eigenvalue weighted by Gasteiger charge is 1.88. The van der Waals surface area contributed by atoms with Crippen LogP contribution in [0.1, 0.15) is 5.56 Å². The molecular weight excluding hydrogens is 110 g/mol. The van der Waals surface area contributed by atoms with E-state index in [1.165, 1.54) is 0 Å². The molecule has 0 saturated heterocycles. The monoisotopic (exact) mass is 120 g/mol. The molecule has 0 aliphatic heterocycles. The fraction of sp³-hybridized carbons (Fsp3) is 0.125. The van der Waals surface area contributed by atoms with Gasteiger partial charge in [-0.15, -0.1) is 0 Å². The highest BCUT2D eigenvalue weighted by atomic mass is 14.8. The van der Waals surface area contributed by atoms with Crippen LogP contribution in [0.3, 0.4) is 0 Å². The van der Waals surface area contributed by atoms with Crippen LogP contribution < -0.4 is 5.32 Å². The number of nitrogens with one attached hydrogen (secondary N) is 1. The largest absolute Gasteiger partial charge is 0.388 e. The zero-order valence-electron chi connectivity index (χ0n) is 5.52. The first-order valence-corrected chi connectivity index (χ1v) is 2.93. The standard InChI is InChI=1S/C8H10N/c1-7-5-3-4-6-8(7)9-2/h3-6,9H,1H2,2H3. The number of para-hydroxylation sites is 1. The molecule has 1 rings (SSSR count). The van der Waals surface area contributed by atoms with Crippen LogP contribution in [0.5, 0.6) is 0 Å². The molecule has 1 aromatic rings. The molecule has 0 saturated carbocycles. The Labute approximate surface area is 55.7 Å². The molecule has 1 nitrogen and oxygen atoms in total. The molecule has 1 aromatic carbocycles. The first kappa shape index (κ1) is 6.14. The lowest BCUT2D eigenvalue weighted by Gasteiger charge is -2.01.